The maximum atomic E-state index is 13.0. The molecule has 2 N–H and O–H groups in total. The number of carbonyl (C=O) groups excluding carboxylic acids is 2. The minimum absolute atomic E-state index is 0.267. The van der Waals surface area contributed by atoms with E-state index in [1.54, 1.807) is 62.5 Å². The lowest BCUT2D eigenvalue weighted by molar-refractivity contribution is 0.0374. The van der Waals surface area contributed by atoms with Crippen LogP contribution < -0.4 is 20.1 Å². The largest absolute Gasteiger partial charge is 0.496 e. The number of pyridine rings is 1. The van der Waals surface area contributed by atoms with Gasteiger partial charge in [-0.05, 0) is 74.5 Å². The minimum Gasteiger partial charge on any atom is -0.496 e. The Bertz CT molecular complexity index is 1390. The average Bonchev–Trinajstić information content (AvgIpc) is 2.85. The van der Waals surface area contributed by atoms with E-state index in [4.69, 9.17) is 14.2 Å². The number of nitrogens with zero attached hydrogens (tertiary/aromatic N) is 1. The van der Waals surface area contributed by atoms with Crippen molar-refractivity contribution in [3.05, 3.63) is 84.3 Å². The third-order valence-electron chi connectivity index (χ3n) is 5.03. The highest BCUT2D eigenvalue weighted by atomic mass is 19.1. The number of amides is 2. The van der Waals surface area contributed by atoms with Gasteiger partial charge in [0.15, 0.2) is 0 Å². The van der Waals surface area contributed by atoms with Gasteiger partial charge in [-0.15, -0.1) is 0 Å². The smallest absolute Gasteiger partial charge is 0.342 e. The van der Waals surface area contributed by atoms with Crippen molar-refractivity contribution < 1.29 is 28.2 Å². The fourth-order valence-corrected chi connectivity index (χ4v) is 3.40. The van der Waals surface area contributed by atoms with Gasteiger partial charge < -0.3 is 24.8 Å². The molecule has 184 valence electrons. The SMILES string of the molecule is COc1cc2nccc(Oc3ccc(NC(=O)Nc4ccc(F)cc4)cc3)c2cc1C(=O)OC(C)C. The summed E-state index contributed by atoms with van der Waals surface area (Å²) in [5.41, 5.74) is 1.85. The molecule has 8 nitrogen and oxygen atoms in total. The number of carbonyl (C=O) groups is 2. The van der Waals surface area contributed by atoms with E-state index in [1.165, 1.54) is 31.4 Å². The molecule has 0 spiro atoms. The molecule has 1 heterocycles. The van der Waals surface area contributed by atoms with Crippen molar-refractivity contribution >= 4 is 34.3 Å². The molecule has 4 aromatic rings. The molecule has 36 heavy (non-hydrogen) atoms. The first-order valence-corrected chi connectivity index (χ1v) is 11.1. The van der Waals surface area contributed by atoms with Gasteiger partial charge in [0, 0.05) is 29.0 Å². The maximum absolute atomic E-state index is 13.0. The third-order valence-corrected chi connectivity index (χ3v) is 5.03. The Morgan fingerprint density at radius 2 is 1.53 bits per heavy atom. The molecule has 0 atom stereocenters. The molecule has 2 amide bonds. The van der Waals surface area contributed by atoms with Crippen LogP contribution in [-0.2, 0) is 4.74 Å². The van der Waals surface area contributed by atoms with E-state index >= 15 is 0 Å². The molecule has 3 aromatic carbocycles. The summed E-state index contributed by atoms with van der Waals surface area (Å²) in [6, 6.07) is 16.7. The second-order valence-electron chi connectivity index (χ2n) is 8.05. The molecule has 0 saturated carbocycles. The van der Waals surface area contributed by atoms with E-state index in [-0.39, 0.29) is 17.5 Å². The van der Waals surface area contributed by atoms with Crippen LogP contribution in [0.3, 0.4) is 0 Å². The molecule has 0 unspecified atom stereocenters. The van der Waals surface area contributed by atoms with Crippen molar-refractivity contribution in [3.8, 4) is 17.2 Å². The minimum atomic E-state index is -0.507. The van der Waals surface area contributed by atoms with Gasteiger partial charge in [0.1, 0.15) is 28.6 Å². The molecule has 0 bridgehead atoms. The zero-order chi connectivity index (χ0) is 25.7. The number of anilines is 2. The summed E-state index contributed by atoms with van der Waals surface area (Å²) in [6.45, 7) is 3.54. The van der Waals surface area contributed by atoms with Crippen molar-refractivity contribution in [2.45, 2.75) is 20.0 Å². The highest BCUT2D eigenvalue weighted by Gasteiger charge is 2.18. The molecule has 0 aliphatic carbocycles. The summed E-state index contributed by atoms with van der Waals surface area (Å²) in [5.74, 6) is 0.453. The highest BCUT2D eigenvalue weighted by molar-refractivity contribution is 6.00. The van der Waals surface area contributed by atoms with E-state index < -0.39 is 12.0 Å². The standard InChI is InChI=1S/C27H24FN3O5/c1-16(2)35-26(32)22-14-21-23(15-25(22)34-3)29-13-12-24(21)36-20-10-8-19(9-11-20)31-27(33)30-18-6-4-17(28)5-7-18/h4-16H,1-3H3,(H2,30,31,33). The Morgan fingerprint density at radius 1 is 0.889 bits per heavy atom. The normalized spacial score (nSPS) is 10.7. The van der Waals surface area contributed by atoms with Crippen LogP contribution in [0.5, 0.6) is 17.2 Å². The van der Waals surface area contributed by atoms with Crippen LogP contribution in [0.15, 0.2) is 72.9 Å². The summed E-state index contributed by atoms with van der Waals surface area (Å²) in [4.78, 5) is 29.1. The van der Waals surface area contributed by atoms with E-state index in [9.17, 15) is 14.0 Å². The van der Waals surface area contributed by atoms with Crippen molar-refractivity contribution in [2.75, 3.05) is 17.7 Å². The van der Waals surface area contributed by atoms with Gasteiger partial charge in [0.25, 0.3) is 0 Å². The lowest BCUT2D eigenvalue weighted by Gasteiger charge is -2.14. The van der Waals surface area contributed by atoms with Crippen LogP contribution in [0.1, 0.15) is 24.2 Å². The number of nitrogens with one attached hydrogen (secondary N) is 2. The monoisotopic (exact) mass is 489 g/mol. The van der Waals surface area contributed by atoms with Crippen molar-refractivity contribution in [3.63, 3.8) is 0 Å². The van der Waals surface area contributed by atoms with Crippen molar-refractivity contribution in [2.24, 2.45) is 0 Å². The number of benzene rings is 3. The molecule has 0 saturated heterocycles. The van der Waals surface area contributed by atoms with Crippen LogP contribution in [-0.4, -0.2) is 30.2 Å². The predicted molar refractivity (Wildman–Crippen MR) is 134 cm³/mol. The zero-order valence-electron chi connectivity index (χ0n) is 19.9. The van der Waals surface area contributed by atoms with Gasteiger partial charge in [0.05, 0.1) is 18.7 Å². The summed E-state index contributed by atoms with van der Waals surface area (Å²) in [7, 11) is 1.48. The van der Waals surface area contributed by atoms with Crippen molar-refractivity contribution in [1.82, 2.24) is 4.98 Å². The number of hydrogen-bond donors (Lipinski definition) is 2. The molecular formula is C27H24FN3O5. The first kappa shape index (κ1) is 24.5. The van der Waals surface area contributed by atoms with Crippen LogP contribution in [0.2, 0.25) is 0 Å². The molecule has 1 aromatic heterocycles. The number of fused-ring (bicyclic) bond motifs is 1. The van der Waals surface area contributed by atoms with Crippen LogP contribution in [0, 0.1) is 5.82 Å². The van der Waals surface area contributed by atoms with E-state index in [0.29, 0.717) is 39.5 Å². The lowest BCUT2D eigenvalue weighted by atomic mass is 10.1. The van der Waals surface area contributed by atoms with Gasteiger partial charge in [-0.2, -0.15) is 0 Å². The quantitative estimate of drug-likeness (QED) is 0.292. The molecular weight excluding hydrogens is 465 g/mol. The summed E-state index contributed by atoms with van der Waals surface area (Å²) < 4.78 is 29.8. The topological polar surface area (TPSA) is 98.8 Å². The fraction of sp³-hybridized carbons (Fsp3) is 0.148. The summed E-state index contributed by atoms with van der Waals surface area (Å²) in [6.07, 6.45) is 1.31. The second-order valence-corrected chi connectivity index (χ2v) is 8.05. The Kier molecular flexibility index (Phi) is 7.29. The number of ether oxygens (including phenoxy) is 3. The number of urea groups is 1. The number of hydrogen-bond acceptors (Lipinski definition) is 6. The second kappa shape index (κ2) is 10.7. The Labute approximate surface area is 207 Å². The predicted octanol–water partition coefficient (Wildman–Crippen LogP) is 6.38. The third kappa shape index (κ3) is 5.87. The van der Waals surface area contributed by atoms with Gasteiger partial charge >= 0.3 is 12.0 Å². The van der Waals surface area contributed by atoms with Crippen LogP contribution in [0.4, 0.5) is 20.6 Å². The molecule has 0 aliphatic rings. The molecule has 4 rings (SSSR count). The molecule has 0 fully saturated rings. The summed E-state index contributed by atoms with van der Waals surface area (Å²) >= 11 is 0. The Balaban J connectivity index is 1.51. The number of esters is 1. The zero-order valence-corrected chi connectivity index (χ0v) is 19.9. The maximum Gasteiger partial charge on any atom is 0.342 e. The van der Waals surface area contributed by atoms with Gasteiger partial charge in [-0.1, -0.05) is 0 Å². The van der Waals surface area contributed by atoms with Gasteiger partial charge in [-0.3, -0.25) is 4.98 Å². The van der Waals surface area contributed by atoms with Crippen molar-refractivity contribution in [1.29, 1.82) is 0 Å². The fourth-order valence-electron chi connectivity index (χ4n) is 3.40. The molecule has 9 heteroatoms. The Morgan fingerprint density at radius 3 is 2.14 bits per heavy atom. The van der Waals surface area contributed by atoms with Crippen LogP contribution >= 0.6 is 0 Å². The van der Waals surface area contributed by atoms with Gasteiger partial charge in [0.2, 0.25) is 0 Å². The van der Waals surface area contributed by atoms with E-state index in [1.807, 2.05) is 0 Å². The molecule has 0 radical (unpaired) electrons. The Hall–Kier alpha value is -4.66. The summed E-state index contributed by atoms with van der Waals surface area (Å²) in [5, 5.41) is 5.93. The first-order valence-electron chi connectivity index (χ1n) is 11.1. The number of methoxy groups -OCH3 is 1. The number of rotatable bonds is 7. The lowest BCUT2D eigenvalue weighted by Crippen LogP contribution is -2.19. The number of halogens is 1. The van der Waals surface area contributed by atoms with E-state index in [2.05, 4.69) is 15.6 Å². The van der Waals surface area contributed by atoms with Crippen LogP contribution in [0.25, 0.3) is 10.9 Å². The first-order chi connectivity index (χ1) is 17.3. The van der Waals surface area contributed by atoms with E-state index in [0.717, 1.165) is 0 Å². The average molecular weight is 490 g/mol. The molecule has 0 aliphatic heterocycles. The highest BCUT2D eigenvalue weighted by Crippen LogP contribution is 2.34. The number of aromatic nitrogens is 1. The van der Waals surface area contributed by atoms with Gasteiger partial charge in [-0.25, -0.2) is 14.0 Å².